The van der Waals surface area contributed by atoms with Crippen LogP contribution in [0.4, 0.5) is 13.2 Å². The molecule has 3 nitrogen and oxygen atoms in total. The van der Waals surface area contributed by atoms with Gasteiger partial charge in [-0.2, -0.15) is 18.3 Å². The standard InChI is InChI=1S/C13H14F3N3/c1-2-11(17)9-3-5-10(6-4-9)19-8-7-12(18-19)13(14,15)16/h3-8,11H,2,17H2,1H3/t11-/m0/s1. The number of rotatable bonds is 3. The quantitative estimate of drug-likeness (QED) is 0.929. The van der Waals surface area contributed by atoms with Crippen molar-refractivity contribution in [2.75, 3.05) is 0 Å². The zero-order valence-electron chi connectivity index (χ0n) is 10.4. The van der Waals surface area contributed by atoms with E-state index in [1.54, 1.807) is 24.3 Å². The monoisotopic (exact) mass is 269 g/mol. The van der Waals surface area contributed by atoms with Gasteiger partial charge in [0.2, 0.25) is 0 Å². The fourth-order valence-electron chi connectivity index (χ4n) is 1.73. The summed E-state index contributed by atoms with van der Waals surface area (Å²) in [4.78, 5) is 0. The molecule has 0 fully saturated rings. The third-order valence-corrected chi connectivity index (χ3v) is 2.91. The van der Waals surface area contributed by atoms with Crippen LogP contribution in [0.2, 0.25) is 0 Å². The van der Waals surface area contributed by atoms with E-state index in [9.17, 15) is 13.2 Å². The number of benzene rings is 1. The molecule has 0 aliphatic rings. The van der Waals surface area contributed by atoms with E-state index in [1.807, 2.05) is 6.92 Å². The maximum atomic E-state index is 12.4. The van der Waals surface area contributed by atoms with Crippen LogP contribution in [0.5, 0.6) is 0 Å². The first kappa shape index (κ1) is 13.6. The lowest BCUT2D eigenvalue weighted by atomic mass is 10.1. The molecule has 0 saturated carbocycles. The van der Waals surface area contributed by atoms with E-state index in [0.717, 1.165) is 18.1 Å². The summed E-state index contributed by atoms with van der Waals surface area (Å²) in [6.45, 7) is 1.97. The van der Waals surface area contributed by atoms with E-state index >= 15 is 0 Å². The third kappa shape index (κ3) is 2.96. The smallest absolute Gasteiger partial charge is 0.324 e. The summed E-state index contributed by atoms with van der Waals surface area (Å²) in [6, 6.07) is 7.91. The number of hydrogen-bond acceptors (Lipinski definition) is 2. The summed E-state index contributed by atoms with van der Waals surface area (Å²) in [5.41, 5.74) is 6.50. The van der Waals surface area contributed by atoms with Gasteiger partial charge in [0, 0.05) is 12.2 Å². The van der Waals surface area contributed by atoms with Crippen molar-refractivity contribution in [1.82, 2.24) is 9.78 Å². The van der Waals surface area contributed by atoms with Crippen molar-refractivity contribution in [3.63, 3.8) is 0 Å². The van der Waals surface area contributed by atoms with Crippen molar-refractivity contribution in [3.05, 3.63) is 47.8 Å². The molecule has 2 N–H and O–H groups in total. The predicted molar refractivity (Wildman–Crippen MR) is 65.8 cm³/mol. The molecule has 6 heteroatoms. The number of aromatic nitrogens is 2. The van der Waals surface area contributed by atoms with Crippen molar-refractivity contribution in [2.45, 2.75) is 25.6 Å². The lowest BCUT2D eigenvalue weighted by Crippen LogP contribution is -2.09. The van der Waals surface area contributed by atoms with Gasteiger partial charge in [0.05, 0.1) is 5.69 Å². The maximum Gasteiger partial charge on any atom is 0.435 e. The summed E-state index contributed by atoms with van der Waals surface area (Å²) in [7, 11) is 0. The molecule has 19 heavy (non-hydrogen) atoms. The lowest BCUT2D eigenvalue weighted by Gasteiger charge is -2.10. The topological polar surface area (TPSA) is 43.8 Å². The van der Waals surface area contributed by atoms with Gasteiger partial charge >= 0.3 is 6.18 Å². The summed E-state index contributed by atoms with van der Waals surface area (Å²) in [5.74, 6) is 0. The number of hydrogen-bond donors (Lipinski definition) is 1. The Morgan fingerprint density at radius 1 is 1.21 bits per heavy atom. The van der Waals surface area contributed by atoms with E-state index in [1.165, 1.54) is 10.9 Å². The molecule has 0 aliphatic carbocycles. The van der Waals surface area contributed by atoms with Crippen molar-refractivity contribution in [1.29, 1.82) is 0 Å². The number of alkyl halides is 3. The molecular weight excluding hydrogens is 255 g/mol. The molecule has 1 aromatic carbocycles. The Morgan fingerprint density at radius 3 is 2.32 bits per heavy atom. The van der Waals surface area contributed by atoms with E-state index in [2.05, 4.69) is 5.10 Å². The van der Waals surface area contributed by atoms with Gasteiger partial charge in [-0.1, -0.05) is 19.1 Å². The highest BCUT2D eigenvalue weighted by Gasteiger charge is 2.33. The first-order valence-corrected chi connectivity index (χ1v) is 5.90. The van der Waals surface area contributed by atoms with Crippen molar-refractivity contribution < 1.29 is 13.2 Å². The molecule has 0 saturated heterocycles. The fraction of sp³-hybridized carbons (Fsp3) is 0.308. The maximum absolute atomic E-state index is 12.4. The van der Waals surface area contributed by atoms with E-state index in [4.69, 9.17) is 5.73 Å². The predicted octanol–water partition coefficient (Wildman–Crippen LogP) is 3.30. The zero-order chi connectivity index (χ0) is 14.0. The van der Waals surface area contributed by atoms with Gasteiger partial charge in [0.15, 0.2) is 5.69 Å². The van der Waals surface area contributed by atoms with Crippen molar-refractivity contribution in [3.8, 4) is 5.69 Å². The van der Waals surface area contributed by atoms with Crippen LogP contribution in [0, 0.1) is 0 Å². The van der Waals surface area contributed by atoms with Gasteiger partial charge < -0.3 is 5.73 Å². The van der Waals surface area contributed by atoms with Gasteiger partial charge in [-0.15, -0.1) is 0 Å². The van der Waals surface area contributed by atoms with Crippen LogP contribution in [0.3, 0.4) is 0 Å². The molecule has 0 radical (unpaired) electrons. The third-order valence-electron chi connectivity index (χ3n) is 2.91. The Balaban J connectivity index is 2.25. The van der Waals surface area contributed by atoms with Gasteiger partial charge in [-0.05, 0) is 30.2 Å². The largest absolute Gasteiger partial charge is 0.435 e. The van der Waals surface area contributed by atoms with Crippen LogP contribution in [-0.4, -0.2) is 9.78 Å². The minimum Gasteiger partial charge on any atom is -0.324 e. The second-order valence-electron chi connectivity index (χ2n) is 4.25. The Hall–Kier alpha value is -1.82. The highest BCUT2D eigenvalue weighted by atomic mass is 19.4. The molecule has 2 aromatic rings. The Labute approximate surface area is 108 Å². The first-order chi connectivity index (χ1) is 8.91. The molecule has 1 aromatic heterocycles. The molecule has 0 spiro atoms. The van der Waals surface area contributed by atoms with Gasteiger partial charge in [0.25, 0.3) is 0 Å². The van der Waals surface area contributed by atoms with E-state index < -0.39 is 11.9 Å². The minimum absolute atomic E-state index is 0.0580. The second kappa shape index (κ2) is 5.05. The lowest BCUT2D eigenvalue weighted by molar-refractivity contribution is -0.141. The Morgan fingerprint density at radius 2 is 1.84 bits per heavy atom. The molecule has 102 valence electrons. The van der Waals surface area contributed by atoms with Crippen molar-refractivity contribution in [2.24, 2.45) is 5.73 Å². The SMILES string of the molecule is CC[C@H](N)c1ccc(-n2ccc(C(F)(F)F)n2)cc1. The minimum atomic E-state index is -4.42. The van der Waals surface area contributed by atoms with E-state index in [0.29, 0.717) is 5.69 Å². The first-order valence-electron chi connectivity index (χ1n) is 5.90. The molecule has 0 unspecified atom stereocenters. The number of nitrogens with zero attached hydrogens (tertiary/aromatic N) is 2. The highest BCUT2D eigenvalue weighted by molar-refractivity contribution is 5.35. The second-order valence-corrected chi connectivity index (χ2v) is 4.25. The highest BCUT2D eigenvalue weighted by Crippen LogP contribution is 2.28. The average molecular weight is 269 g/mol. The molecule has 1 atom stereocenters. The molecular formula is C13H14F3N3. The molecule has 0 bridgehead atoms. The summed E-state index contributed by atoms with van der Waals surface area (Å²) in [5, 5.41) is 3.51. The van der Waals surface area contributed by atoms with E-state index in [-0.39, 0.29) is 6.04 Å². The molecule has 0 aliphatic heterocycles. The molecule has 1 heterocycles. The van der Waals surface area contributed by atoms with Crippen LogP contribution < -0.4 is 5.73 Å². The van der Waals surface area contributed by atoms with Gasteiger partial charge in [-0.3, -0.25) is 0 Å². The van der Waals surface area contributed by atoms with Crippen LogP contribution >= 0.6 is 0 Å². The summed E-state index contributed by atoms with van der Waals surface area (Å²) < 4.78 is 38.5. The average Bonchev–Trinajstić information content (AvgIpc) is 2.87. The van der Waals surface area contributed by atoms with Crippen LogP contribution in [0.15, 0.2) is 36.5 Å². The van der Waals surface area contributed by atoms with Gasteiger partial charge in [0.1, 0.15) is 0 Å². The summed E-state index contributed by atoms with van der Waals surface area (Å²) >= 11 is 0. The number of halogens is 3. The number of nitrogens with two attached hydrogens (primary N) is 1. The van der Waals surface area contributed by atoms with Crippen molar-refractivity contribution >= 4 is 0 Å². The fourth-order valence-corrected chi connectivity index (χ4v) is 1.73. The normalized spacial score (nSPS) is 13.5. The molecule has 0 amide bonds. The Bertz CT molecular complexity index is 543. The van der Waals surface area contributed by atoms with Crippen LogP contribution in [0.1, 0.15) is 30.6 Å². The summed E-state index contributed by atoms with van der Waals surface area (Å²) in [6.07, 6.45) is -2.33. The Kier molecular flexibility index (Phi) is 3.61. The van der Waals surface area contributed by atoms with Gasteiger partial charge in [-0.25, -0.2) is 4.68 Å². The van der Waals surface area contributed by atoms with Crippen LogP contribution in [-0.2, 0) is 6.18 Å². The molecule has 2 rings (SSSR count). The van der Waals surface area contributed by atoms with Crippen LogP contribution in [0.25, 0.3) is 5.69 Å². The zero-order valence-corrected chi connectivity index (χ0v) is 10.4.